The maximum Gasteiger partial charge on any atom is 0.275 e. The van der Waals surface area contributed by atoms with Gasteiger partial charge in [0.15, 0.2) is 9.84 Å². The number of carbonyl (C=O) groups is 1. The Balaban J connectivity index is 2.15. The number of nitrogens with zero attached hydrogens (tertiary/aromatic N) is 1. The molecule has 2 rings (SSSR count). The first-order valence-corrected chi connectivity index (χ1v) is 8.93. The van der Waals surface area contributed by atoms with Gasteiger partial charge in [0, 0.05) is 23.7 Å². The monoisotopic (exact) mass is 325 g/mol. The number of rotatable bonds is 5. The molecule has 2 aromatic rings. The third-order valence-corrected chi connectivity index (χ3v) is 4.68. The van der Waals surface area contributed by atoms with Crippen molar-refractivity contribution >= 4 is 32.8 Å². The van der Waals surface area contributed by atoms with Crippen molar-refractivity contribution in [1.29, 1.82) is 0 Å². The fourth-order valence-electron chi connectivity index (χ4n) is 1.65. The Bertz CT molecular complexity index is 754. The maximum atomic E-state index is 12.0. The van der Waals surface area contributed by atoms with Crippen LogP contribution in [0.25, 0.3) is 0 Å². The second-order valence-corrected chi connectivity index (χ2v) is 7.38. The van der Waals surface area contributed by atoms with Crippen LogP contribution < -0.4 is 11.1 Å². The lowest BCUT2D eigenvalue weighted by Gasteiger charge is -2.05. The van der Waals surface area contributed by atoms with E-state index >= 15 is 0 Å². The molecule has 1 amide bonds. The maximum absolute atomic E-state index is 12.0. The number of anilines is 1. The van der Waals surface area contributed by atoms with Crippen LogP contribution in [0.3, 0.4) is 0 Å². The minimum absolute atomic E-state index is 0.155. The summed E-state index contributed by atoms with van der Waals surface area (Å²) in [4.78, 5) is 16.4. The fraction of sp³-hybridized carbons (Fsp3) is 0.231. The second kappa shape index (κ2) is 6.33. The van der Waals surface area contributed by atoms with Crippen molar-refractivity contribution in [1.82, 2.24) is 4.98 Å². The minimum Gasteiger partial charge on any atom is -0.330 e. The number of nitrogens with one attached hydrogen (secondary N) is 1. The van der Waals surface area contributed by atoms with E-state index in [0.29, 0.717) is 24.3 Å². The Kier molecular flexibility index (Phi) is 4.71. The Morgan fingerprint density at radius 1 is 1.43 bits per heavy atom. The van der Waals surface area contributed by atoms with E-state index in [1.54, 1.807) is 17.5 Å². The molecule has 0 aliphatic heterocycles. The topological polar surface area (TPSA) is 102 Å². The third kappa shape index (κ3) is 4.10. The molecule has 1 heterocycles. The molecular formula is C13H15N3O3S2. The number of thiazole rings is 1. The molecule has 0 aliphatic rings. The van der Waals surface area contributed by atoms with Crippen molar-refractivity contribution in [3.8, 4) is 0 Å². The van der Waals surface area contributed by atoms with Crippen molar-refractivity contribution in [3.63, 3.8) is 0 Å². The van der Waals surface area contributed by atoms with Crippen LogP contribution in [0.2, 0.25) is 0 Å². The average Bonchev–Trinajstić information content (AvgIpc) is 2.87. The largest absolute Gasteiger partial charge is 0.330 e. The summed E-state index contributed by atoms with van der Waals surface area (Å²) in [7, 11) is -3.31. The van der Waals surface area contributed by atoms with E-state index < -0.39 is 9.84 Å². The first-order valence-electron chi connectivity index (χ1n) is 6.16. The number of nitrogens with two attached hydrogens (primary N) is 1. The Morgan fingerprint density at radius 2 is 2.19 bits per heavy atom. The van der Waals surface area contributed by atoms with E-state index in [-0.39, 0.29) is 10.8 Å². The molecule has 21 heavy (non-hydrogen) atoms. The van der Waals surface area contributed by atoms with Gasteiger partial charge in [-0.25, -0.2) is 13.4 Å². The van der Waals surface area contributed by atoms with Crippen LogP contribution in [0.15, 0.2) is 34.5 Å². The zero-order valence-electron chi connectivity index (χ0n) is 11.4. The highest BCUT2D eigenvalue weighted by Gasteiger charge is 2.12. The second-order valence-electron chi connectivity index (χ2n) is 4.42. The lowest BCUT2D eigenvalue weighted by molar-refractivity contribution is 0.102. The van der Waals surface area contributed by atoms with Crippen LogP contribution in [0.4, 0.5) is 5.69 Å². The lowest BCUT2D eigenvalue weighted by Crippen LogP contribution is -2.13. The molecule has 8 heteroatoms. The summed E-state index contributed by atoms with van der Waals surface area (Å²) in [5, 5.41) is 5.09. The number of benzene rings is 1. The molecule has 1 aromatic carbocycles. The van der Waals surface area contributed by atoms with Gasteiger partial charge in [0.25, 0.3) is 5.91 Å². The van der Waals surface area contributed by atoms with Crippen molar-refractivity contribution in [3.05, 3.63) is 40.3 Å². The molecule has 0 radical (unpaired) electrons. The summed E-state index contributed by atoms with van der Waals surface area (Å²) >= 11 is 1.37. The number of hydrogen-bond acceptors (Lipinski definition) is 6. The zero-order valence-corrected chi connectivity index (χ0v) is 13.0. The Labute approximate surface area is 126 Å². The van der Waals surface area contributed by atoms with Gasteiger partial charge in [-0.05, 0) is 24.7 Å². The number of sulfone groups is 1. The number of carbonyl (C=O) groups excluding carboxylic acids is 1. The van der Waals surface area contributed by atoms with Gasteiger partial charge in [-0.1, -0.05) is 6.07 Å². The van der Waals surface area contributed by atoms with Gasteiger partial charge < -0.3 is 11.1 Å². The third-order valence-electron chi connectivity index (χ3n) is 2.66. The molecule has 0 aliphatic carbocycles. The van der Waals surface area contributed by atoms with Gasteiger partial charge >= 0.3 is 0 Å². The van der Waals surface area contributed by atoms with E-state index in [9.17, 15) is 13.2 Å². The van der Waals surface area contributed by atoms with Crippen molar-refractivity contribution in [2.75, 3.05) is 18.1 Å². The molecule has 0 saturated heterocycles. The number of aromatic nitrogens is 1. The first kappa shape index (κ1) is 15.6. The van der Waals surface area contributed by atoms with Gasteiger partial charge in [-0.3, -0.25) is 4.79 Å². The predicted octanol–water partition coefficient (Wildman–Crippen LogP) is 1.30. The van der Waals surface area contributed by atoms with E-state index in [1.807, 2.05) is 0 Å². The van der Waals surface area contributed by atoms with Crippen molar-refractivity contribution < 1.29 is 13.2 Å². The highest BCUT2D eigenvalue weighted by molar-refractivity contribution is 7.90. The molecule has 112 valence electrons. The minimum atomic E-state index is -3.31. The molecule has 0 spiro atoms. The van der Waals surface area contributed by atoms with E-state index in [1.165, 1.54) is 23.5 Å². The normalized spacial score (nSPS) is 11.3. The van der Waals surface area contributed by atoms with Crippen molar-refractivity contribution in [2.45, 2.75) is 11.3 Å². The standard InChI is InChI=1S/C13H15N3O3S2/c1-21(18,19)10-4-2-3-9(7-10)15-13(17)11-8-20-12(16-11)5-6-14/h2-4,7-8H,5-6,14H2,1H3,(H,15,17). The highest BCUT2D eigenvalue weighted by atomic mass is 32.2. The van der Waals surface area contributed by atoms with Gasteiger partial charge in [0.2, 0.25) is 0 Å². The average molecular weight is 325 g/mol. The summed E-state index contributed by atoms with van der Waals surface area (Å²) in [6.07, 6.45) is 1.75. The Hall–Kier alpha value is -1.77. The quantitative estimate of drug-likeness (QED) is 0.862. The summed E-state index contributed by atoms with van der Waals surface area (Å²) in [6.45, 7) is 0.477. The molecule has 0 unspecified atom stereocenters. The van der Waals surface area contributed by atoms with Gasteiger partial charge in [0.05, 0.1) is 9.90 Å². The van der Waals surface area contributed by atoms with Crippen LogP contribution in [-0.4, -0.2) is 32.1 Å². The van der Waals surface area contributed by atoms with E-state index in [4.69, 9.17) is 5.73 Å². The summed E-state index contributed by atoms with van der Waals surface area (Å²) in [5.74, 6) is -0.375. The van der Waals surface area contributed by atoms with E-state index in [0.717, 1.165) is 11.3 Å². The van der Waals surface area contributed by atoms with Gasteiger partial charge in [0.1, 0.15) is 5.69 Å². The van der Waals surface area contributed by atoms with Crippen LogP contribution in [0.5, 0.6) is 0 Å². The van der Waals surface area contributed by atoms with Crippen LogP contribution in [0, 0.1) is 0 Å². The summed E-state index contributed by atoms with van der Waals surface area (Å²) in [6, 6.07) is 6.10. The molecule has 0 saturated carbocycles. The number of hydrogen-bond donors (Lipinski definition) is 2. The molecule has 6 nitrogen and oxygen atoms in total. The fourth-order valence-corrected chi connectivity index (χ4v) is 3.11. The van der Waals surface area contributed by atoms with Crippen LogP contribution in [-0.2, 0) is 16.3 Å². The SMILES string of the molecule is CS(=O)(=O)c1cccc(NC(=O)c2csc(CCN)n2)c1. The summed E-state index contributed by atoms with van der Waals surface area (Å²) in [5.41, 5.74) is 6.15. The molecular weight excluding hydrogens is 310 g/mol. The molecule has 3 N–H and O–H groups in total. The molecule has 0 fully saturated rings. The lowest BCUT2D eigenvalue weighted by atomic mass is 10.3. The highest BCUT2D eigenvalue weighted by Crippen LogP contribution is 2.17. The molecule has 0 bridgehead atoms. The predicted molar refractivity (Wildman–Crippen MR) is 82.4 cm³/mol. The van der Waals surface area contributed by atoms with Gasteiger partial charge in [-0.2, -0.15) is 0 Å². The molecule has 1 aromatic heterocycles. The van der Waals surface area contributed by atoms with Gasteiger partial charge in [-0.15, -0.1) is 11.3 Å². The molecule has 0 atom stereocenters. The zero-order chi connectivity index (χ0) is 15.5. The van der Waals surface area contributed by atoms with E-state index in [2.05, 4.69) is 10.3 Å². The number of amides is 1. The van der Waals surface area contributed by atoms with Crippen molar-refractivity contribution in [2.24, 2.45) is 5.73 Å². The first-order chi connectivity index (χ1) is 9.90. The van der Waals surface area contributed by atoms with Crippen LogP contribution >= 0.6 is 11.3 Å². The summed E-state index contributed by atoms with van der Waals surface area (Å²) < 4.78 is 23.0. The van der Waals surface area contributed by atoms with Crippen LogP contribution in [0.1, 0.15) is 15.5 Å². The Morgan fingerprint density at radius 3 is 2.86 bits per heavy atom. The smallest absolute Gasteiger partial charge is 0.275 e.